The molecule has 0 saturated heterocycles. The Labute approximate surface area is 280 Å². The van der Waals surface area contributed by atoms with E-state index in [9.17, 15) is 5.26 Å². The summed E-state index contributed by atoms with van der Waals surface area (Å²) in [6, 6.07) is 52.0. The smallest absolute Gasteiger partial charge is 0.188 e. The molecule has 0 atom stereocenters. The van der Waals surface area contributed by atoms with E-state index >= 15 is 0 Å². The SMILES string of the molecule is [C-]#[N+]c1ccc2c(c1)c1ccccc1n2-c1ccc(-c2cccc(C#N)c2-n2c3ccccc3c3ccc4oc5ccccc5c4c32)cc1. The van der Waals surface area contributed by atoms with Gasteiger partial charge in [0.15, 0.2) is 5.69 Å². The number of furan rings is 1. The predicted molar refractivity (Wildman–Crippen MR) is 199 cm³/mol. The number of aromatic nitrogens is 2. The number of benzene rings is 7. The van der Waals surface area contributed by atoms with Gasteiger partial charge in [0.25, 0.3) is 0 Å². The molecular weight excluding hydrogens is 601 g/mol. The van der Waals surface area contributed by atoms with E-state index in [0.717, 1.165) is 88.1 Å². The van der Waals surface area contributed by atoms with Crippen LogP contribution in [0, 0.1) is 17.9 Å². The summed E-state index contributed by atoms with van der Waals surface area (Å²) >= 11 is 0. The molecule has 0 fully saturated rings. The van der Waals surface area contributed by atoms with Crippen LogP contribution in [0.25, 0.3) is 92.9 Å². The highest BCUT2D eigenvalue weighted by atomic mass is 16.3. The first-order valence-corrected chi connectivity index (χ1v) is 16.1. The minimum absolute atomic E-state index is 0.590. The molecule has 5 heteroatoms. The Bertz CT molecular complexity index is 3070. The van der Waals surface area contributed by atoms with Gasteiger partial charge in [-0.1, -0.05) is 84.9 Å². The van der Waals surface area contributed by atoms with Crippen molar-refractivity contribution in [3.8, 4) is 28.6 Å². The minimum atomic E-state index is 0.590. The summed E-state index contributed by atoms with van der Waals surface area (Å²) in [7, 11) is 0. The molecule has 10 aromatic rings. The van der Waals surface area contributed by atoms with E-state index in [1.54, 1.807) is 0 Å². The van der Waals surface area contributed by atoms with Crippen LogP contribution in [0.4, 0.5) is 5.69 Å². The molecule has 3 heterocycles. The van der Waals surface area contributed by atoms with Gasteiger partial charge in [-0.05, 0) is 71.6 Å². The number of nitriles is 1. The lowest BCUT2D eigenvalue weighted by molar-refractivity contribution is 0.669. The maximum absolute atomic E-state index is 10.6. The van der Waals surface area contributed by atoms with Crippen molar-refractivity contribution >= 4 is 71.2 Å². The summed E-state index contributed by atoms with van der Waals surface area (Å²) in [5.41, 5.74) is 10.9. The molecule has 0 radical (unpaired) electrons. The zero-order chi connectivity index (χ0) is 32.6. The number of fused-ring (bicyclic) bond motifs is 10. The predicted octanol–water partition coefficient (Wildman–Crippen LogP) is 11.9. The number of para-hydroxylation sites is 4. The van der Waals surface area contributed by atoms with Crippen molar-refractivity contribution in [3.63, 3.8) is 0 Å². The number of rotatable bonds is 3. The van der Waals surface area contributed by atoms with E-state index < -0.39 is 0 Å². The lowest BCUT2D eigenvalue weighted by Gasteiger charge is -2.17. The van der Waals surface area contributed by atoms with E-state index in [0.29, 0.717) is 11.3 Å². The normalized spacial score (nSPS) is 11.6. The summed E-state index contributed by atoms with van der Waals surface area (Å²) in [4.78, 5) is 3.68. The van der Waals surface area contributed by atoms with Crippen LogP contribution in [-0.2, 0) is 0 Å². The minimum Gasteiger partial charge on any atom is -0.456 e. The molecule has 0 amide bonds. The molecule has 3 aromatic heterocycles. The lowest BCUT2D eigenvalue weighted by atomic mass is 9.99. The van der Waals surface area contributed by atoms with Crippen LogP contribution in [0.1, 0.15) is 5.56 Å². The monoisotopic (exact) mass is 624 g/mol. The quantitative estimate of drug-likeness (QED) is 0.184. The second-order valence-electron chi connectivity index (χ2n) is 12.3. The molecule has 5 nitrogen and oxygen atoms in total. The topological polar surface area (TPSA) is 51.1 Å². The average Bonchev–Trinajstić information content (AvgIpc) is 3.82. The Balaban J connectivity index is 1.24. The second-order valence-corrected chi connectivity index (χ2v) is 12.3. The molecule has 0 aliphatic carbocycles. The third-order valence-corrected chi connectivity index (χ3v) is 9.78. The first-order valence-electron chi connectivity index (χ1n) is 16.1. The zero-order valence-electron chi connectivity index (χ0n) is 26.1. The third-order valence-electron chi connectivity index (χ3n) is 9.78. The number of hydrogen-bond acceptors (Lipinski definition) is 2. The van der Waals surface area contributed by atoms with Crippen molar-refractivity contribution in [1.29, 1.82) is 5.26 Å². The molecule has 0 spiro atoms. The Morgan fingerprint density at radius 3 is 2.04 bits per heavy atom. The molecule has 7 aromatic carbocycles. The standard InChI is InChI=1S/C44H24N4O/c1-46-29-19-23-39-36(25-29)33-11-3-5-14-37(33)47(39)30-20-17-27(18-21-30)31-13-8-9-28(26-45)43(31)48-38-15-6-2-10-32(38)34-22-24-41-42(44(34)48)35-12-4-7-16-40(35)49-41/h2-25H. The van der Waals surface area contributed by atoms with Crippen LogP contribution in [0.15, 0.2) is 150 Å². The van der Waals surface area contributed by atoms with Gasteiger partial charge < -0.3 is 13.6 Å². The molecular formula is C44H24N4O. The summed E-state index contributed by atoms with van der Waals surface area (Å²) in [6.45, 7) is 7.55. The first-order chi connectivity index (χ1) is 24.2. The molecule has 0 bridgehead atoms. The Morgan fingerprint density at radius 1 is 0.571 bits per heavy atom. The first kappa shape index (κ1) is 27.1. The van der Waals surface area contributed by atoms with Crippen molar-refractivity contribution in [2.45, 2.75) is 0 Å². The highest BCUT2D eigenvalue weighted by molar-refractivity contribution is 6.24. The van der Waals surface area contributed by atoms with E-state index in [2.05, 4.69) is 105 Å². The highest BCUT2D eigenvalue weighted by Crippen LogP contribution is 2.43. The van der Waals surface area contributed by atoms with E-state index in [4.69, 9.17) is 11.0 Å². The summed E-state index contributed by atoms with van der Waals surface area (Å²) < 4.78 is 10.9. The fraction of sp³-hybridized carbons (Fsp3) is 0. The number of nitrogens with zero attached hydrogens (tertiary/aromatic N) is 4. The van der Waals surface area contributed by atoms with Crippen LogP contribution in [-0.4, -0.2) is 9.13 Å². The van der Waals surface area contributed by atoms with Gasteiger partial charge in [0.05, 0.1) is 45.3 Å². The van der Waals surface area contributed by atoms with Crippen LogP contribution in [0.5, 0.6) is 0 Å². The second kappa shape index (κ2) is 10.2. The molecule has 0 aliphatic heterocycles. The van der Waals surface area contributed by atoms with Gasteiger partial charge in [0.2, 0.25) is 0 Å². The Morgan fingerprint density at radius 2 is 1.27 bits per heavy atom. The van der Waals surface area contributed by atoms with Crippen LogP contribution >= 0.6 is 0 Å². The summed E-state index contributed by atoms with van der Waals surface area (Å²) in [5, 5.41) is 17.1. The van der Waals surface area contributed by atoms with Crippen LogP contribution in [0.2, 0.25) is 0 Å². The molecule has 226 valence electrons. The van der Waals surface area contributed by atoms with Gasteiger partial charge in [-0.15, -0.1) is 0 Å². The van der Waals surface area contributed by atoms with Gasteiger partial charge in [0, 0.05) is 32.8 Å². The van der Waals surface area contributed by atoms with Gasteiger partial charge in [-0.3, -0.25) is 0 Å². The van der Waals surface area contributed by atoms with Gasteiger partial charge >= 0.3 is 0 Å². The van der Waals surface area contributed by atoms with E-state index in [1.165, 1.54) is 0 Å². The lowest BCUT2D eigenvalue weighted by Crippen LogP contribution is -2.01. The van der Waals surface area contributed by atoms with Crippen molar-refractivity contribution in [3.05, 3.63) is 163 Å². The van der Waals surface area contributed by atoms with Gasteiger partial charge in [-0.25, -0.2) is 4.85 Å². The zero-order valence-corrected chi connectivity index (χ0v) is 26.1. The molecule has 0 unspecified atom stereocenters. The van der Waals surface area contributed by atoms with Crippen molar-refractivity contribution in [1.82, 2.24) is 9.13 Å². The molecule has 0 saturated carbocycles. The summed E-state index contributed by atoms with van der Waals surface area (Å²) in [6.07, 6.45) is 0. The van der Waals surface area contributed by atoms with Crippen LogP contribution in [0.3, 0.4) is 0 Å². The van der Waals surface area contributed by atoms with Gasteiger partial charge in [-0.2, -0.15) is 5.26 Å². The average molecular weight is 625 g/mol. The van der Waals surface area contributed by atoms with E-state index in [1.807, 2.05) is 60.7 Å². The summed E-state index contributed by atoms with van der Waals surface area (Å²) in [5.74, 6) is 0. The van der Waals surface area contributed by atoms with Crippen molar-refractivity contribution in [2.24, 2.45) is 0 Å². The molecule has 0 N–H and O–H groups in total. The Kier molecular flexibility index (Phi) is 5.64. The molecule has 49 heavy (non-hydrogen) atoms. The molecule has 0 aliphatic rings. The highest BCUT2D eigenvalue weighted by Gasteiger charge is 2.23. The van der Waals surface area contributed by atoms with Crippen LogP contribution < -0.4 is 0 Å². The van der Waals surface area contributed by atoms with E-state index in [-0.39, 0.29) is 0 Å². The largest absolute Gasteiger partial charge is 0.456 e. The van der Waals surface area contributed by atoms with Crippen molar-refractivity contribution < 1.29 is 4.42 Å². The number of hydrogen-bond donors (Lipinski definition) is 0. The third kappa shape index (κ3) is 3.79. The van der Waals surface area contributed by atoms with Gasteiger partial charge in [0.1, 0.15) is 17.2 Å². The van der Waals surface area contributed by atoms with Crippen molar-refractivity contribution in [2.75, 3.05) is 0 Å². The maximum Gasteiger partial charge on any atom is 0.188 e. The molecule has 10 rings (SSSR count). The fourth-order valence-corrected chi connectivity index (χ4v) is 7.70. The Hall–Kier alpha value is -7.08. The fourth-order valence-electron chi connectivity index (χ4n) is 7.70. The maximum atomic E-state index is 10.6.